The summed E-state index contributed by atoms with van der Waals surface area (Å²) in [7, 11) is 0. The number of nitrogens with zero attached hydrogens (tertiary/aromatic N) is 4. The molecule has 0 saturated heterocycles. The average Bonchev–Trinajstić information content (AvgIpc) is 3.16. The predicted octanol–water partition coefficient (Wildman–Crippen LogP) is 2.40. The highest BCUT2D eigenvalue weighted by atomic mass is 32.2. The van der Waals surface area contributed by atoms with Gasteiger partial charge in [0, 0.05) is 24.6 Å². The van der Waals surface area contributed by atoms with Gasteiger partial charge >= 0.3 is 0 Å². The van der Waals surface area contributed by atoms with Crippen LogP contribution in [0, 0.1) is 13.8 Å². The number of imidazole rings is 1. The van der Waals surface area contributed by atoms with Gasteiger partial charge < -0.3 is 9.88 Å². The minimum absolute atomic E-state index is 0.0827. The van der Waals surface area contributed by atoms with E-state index in [2.05, 4.69) is 30.0 Å². The van der Waals surface area contributed by atoms with Gasteiger partial charge in [-0.15, -0.1) is 5.10 Å². The zero-order valence-electron chi connectivity index (χ0n) is 13.5. The summed E-state index contributed by atoms with van der Waals surface area (Å²) in [5.41, 5.74) is 1.93. The van der Waals surface area contributed by atoms with Crippen LogP contribution in [-0.2, 0) is 11.3 Å². The first-order chi connectivity index (χ1) is 11.6. The lowest BCUT2D eigenvalue weighted by atomic mass is 10.2. The first-order valence-electron chi connectivity index (χ1n) is 7.48. The molecule has 1 aromatic carbocycles. The smallest absolute Gasteiger partial charge is 0.234 e. The number of carbonyl (C=O) groups excluding carboxylic acids is 1. The van der Waals surface area contributed by atoms with Crippen molar-refractivity contribution >= 4 is 23.4 Å². The van der Waals surface area contributed by atoms with Crippen molar-refractivity contribution in [3.8, 4) is 0 Å². The van der Waals surface area contributed by atoms with Gasteiger partial charge in [0.05, 0.1) is 5.75 Å². The van der Waals surface area contributed by atoms with Crippen LogP contribution in [0.2, 0.25) is 0 Å². The second kappa shape index (κ2) is 7.31. The number of H-pyrrole nitrogens is 1. The fourth-order valence-corrected chi connectivity index (χ4v) is 2.82. The number of aromatic amines is 1. The molecule has 0 fully saturated rings. The van der Waals surface area contributed by atoms with Crippen LogP contribution < -0.4 is 5.32 Å². The van der Waals surface area contributed by atoms with Crippen LogP contribution in [0.25, 0.3) is 0 Å². The third kappa shape index (κ3) is 4.23. The fourth-order valence-electron chi connectivity index (χ4n) is 2.17. The predicted molar refractivity (Wildman–Crippen MR) is 93.0 cm³/mol. The van der Waals surface area contributed by atoms with Crippen molar-refractivity contribution in [2.45, 2.75) is 25.5 Å². The molecule has 0 atom stereocenters. The summed E-state index contributed by atoms with van der Waals surface area (Å²) in [4.78, 5) is 20.3. The van der Waals surface area contributed by atoms with Crippen molar-refractivity contribution in [2.24, 2.45) is 0 Å². The molecule has 124 valence electrons. The van der Waals surface area contributed by atoms with E-state index in [1.54, 1.807) is 6.20 Å². The minimum atomic E-state index is -0.0827. The zero-order chi connectivity index (χ0) is 16.9. The number of aromatic nitrogens is 5. The lowest BCUT2D eigenvalue weighted by Gasteiger charge is -2.08. The number of hydrogen-bond donors (Lipinski definition) is 2. The average molecular weight is 342 g/mol. The summed E-state index contributed by atoms with van der Waals surface area (Å²) in [6, 6.07) is 7.81. The topological polar surface area (TPSA) is 88.5 Å². The van der Waals surface area contributed by atoms with Crippen LogP contribution in [0.4, 0.5) is 5.69 Å². The highest BCUT2D eigenvalue weighted by Gasteiger charge is 2.07. The van der Waals surface area contributed by atoms with Crippen LogP contribution in [0.5, 0.6) is 0 Å². The molecule has 0 radical (unpaired) electrons. The van der Waals surface area contributed by atoms with Crippen molar-refractivity contribution in [2.75, 3.05) is 11.1 Å². The Bertz CT molecular complexity index is 823. The molecule has 2 aromatic heterocycles. The lowest BCUT2D eigenvalue weighted by Crippen LogP contribution is -2.14. The van der Waals surface area contributed by atoms with Crippen molar-refractivity contribution in [1.29, 1.82) is 0 Å². The van der Waals surface area contributed by atoms with Gasteiger partial charge in [-0.1, -0.05) is 23.9 Å². The van der Waals surface area contributed by atoms with E-state index in [0.29, 0.717) is 5.16 Å². The van der Waals surface area contributed by atoms with Gasteiger partial charge in [0.1, 0.15) is 11.6 Å². The highest BCUT2D eigenvalue weighted by Crippen LogP contribution is 2.15. The van der Waals surface area contributed by atoms with Crippen LogP contribution in [0.3, 0.4) is 0 Å². The van der Waals surface area contributed by atoms with Crippen LogP contribution >= 0.6 is 11.8 Å². The van der Waals surface area contributed by atoms with Crippen molar-refractivity contribution in [1.82, 2.24) is 24.7 Å². The maximum atomic E-state index is 12.0. The van der Waals surface area contributed by atoms with Crippen molar-refractivity contribution < 1.29 is 4.79 Å². The number of amides is 1. The SMILES string of the molecule is Cc1nc(SCC(=O)Nc2ccc(Cn3ccnc3C)cc2)n[nH]1. The third-order valence-electron chi connectivity index (χ3n) is 3.42. The van der Waals surface area contributed by atoms with Gasteiger partial charge in [-0.05, 0) is 31.5 Å². The van der Waals surface area contributed by atoms with E-state index in [4.69, 9.17) is 0 Å². The Kier molecular flexibility index (Phi) is 4.95. The summed E-state index contributed by atoms with van der Waals surface area (Å²) in [5.74, 6) is 1.90. The fraction of sp³-hybridized carbons (Fsp3) is 0.250. The number of aryl methyl sites for hydroxylation is 2. The highest BCUT2D eigenvalue weighted by molar-refractivity contribution is 7.99. The molecule has 0 unspecified atom stereocenters. The molecule has 3 aromatic rings. The van der Waals surface area contributed by atoms with E-state index in [9.17, 15) is 4.79 Å². The second-order valence-electron chi connectivity index (χ2n) is 5.34. The minimum Gasteiger partial charge on any atom is -0.331 e. The number of thioether (sulfide) groups is 1. The van der Waals surface area contributed by atoms with Gasteiger partial charge in [0.25, 0.3) is 0 Å². The standard InChI is InChI=1S/C16H18N6OS/c1-11-18-16(21-20-11)24-10-15(23)19-14-5-3-13(4-6-14)9-22-8-7-17-12(22)2/h3-8H,9-10H2,1-2H3,(H,19,23)(H,18,20,21). The van der Waals surface area contributed by atoms with Gasteiger partial charge in [-0.2, -0.15) is 0 Å². The Morgan fingerprint density at radius 3 is 2.71 bits per heavy atom. The normalized spacial score (nSPS) is 10.8. The van der Waals surface area contributed by atoms with Gasteiger partial charge in [0.15, 0.2) is 0 Å². The van der Waals surface area contributed by atoms with E-state index in [-0.39, 0.29) is 11.7 Å². The number of anilines is 1. The number of carbonyl (C=O) groups is 1. The Hall–Kier alpha value is -2.61. The molecule has 24 heavy (non-hydrogen) atoms. The maximum absolute atomic E-state index is 12.0. The largest absolute Gasteiger partial charge is 0.331 e. The first kappa shape index (κ1) is 16.3. The molecule has 0 aliphatic rings. The van der Waals surface area contributed by atoms with E-state index in [1.807, 2.05) is 44.3 Å². The first-order valence-corrected chi connectivity index (χ1v) is 8.47. The van der Waals surface area contributed by atoms with E-state index in [0.717, 1.165) is 29.4 Å². The molecular weight excluding hydrogens is 324 g/mol. The number of hydrogen-bond acceptors (Lipinski definition) is 5. The summed E-state index contributed by atoms with van der Waals surface area (Å²) in [5, 5.41) is 10.2. The number of rotatable bonds is 6. The summed E-state index contributed by atoms with van der Waals surface area (Å²) >= 11 is 1.30. The van der Waals surface area contributed by atoms with E-state index >= 15 is 0 Å². The molecule has 0 bridgehead atoms. The van der Waals surface area contributed by atoms with Crippen molar-refractivity contribution in [3.63, 3.8) is 0 Å². The van der Waals surface area contributed by atoms with Crippen molar-refractivity contribution in [3.05, 3.63) is 53.9 Å². The third-order valence-corrected chi connectivity index (χ3v) is 4.27. The molecular formula is C16H18N6OS. The summed E-state index contributed by atoms with van der Waals surface area (Å²) < 4.78 is 2.07. The van der Waals surface area contributed by atoms with E-state index < -0.39 is 0 Å². The van der Waals surface area contributed by atoms with Gasteiger partial charge in [-0.3, -0.25) is 9.89 Å². The quantitative estimate of drug-likeness (QED) is 0.672. The molecule has 0 aliphatic carbocycles. The molecule has 0 saturated carbocycles. The molecule has 7 nitrogen and oxygen atoms in total. The van der Waals surface area contributed by atoms with Crippen LogP contribution in [0.15, 0.2) is 41.8 Å². The maximum Gasteiger partial charge on any atom is 0.234 e. The second-order valence-corrected chi connectivity index (χ2v) is 6.28. The van der Waals surface area contributed by atoms with E-state index in [1.165, 1.54) is 11.8 Å². The monoisotopic (exact) mass is 342 g/mol. The number of benzene rings is 1. The molecule has 0 spiro atoms. The lowest BCUT2D eigenvalue weighted by molar-refractivity contribution is -0.113. The molecule has 0 aliphatic heterocycles. The molecule has 8 heteroatoms. The van der Waals surface area contributed by atoms with Gasteiger partial charge in [-0.25, -0.2) is 9.97 Å². The van der Waals surface area contributed by atoms with Gasteiger partial charge in [0.2, 0.25) is 11.1 Å². The molecule has 1 amide bonds. The Balaban J connectivity index is 1.52. The molecule has 2 heterocycles. The molecule has 3 rings (SSSR count). The Morgan fingerprint density at radius 2 is 2.08 bits per heavy atom. The number of nitrogens with one attached hydrogen (secondary N) is 2. The van der Waals surface area contributed by atoms with Crippen LogP contribution in [-0.4, -0.2) is 36.4 Å². The summed E-state index contributed by atoms with van der Waals surface area (Å²) in [6.07, 6.45) is 3.74. The zero-order valence-corrected chi connectivity index (χ0v) is 14.3. The molecule has 2 N–H and O–H groups in total. The Morgan fingerprint density at radius 1 is 1.29 bits per heavy atom. The Labute approximate surface area is 143 Å². The summed E-state index contributed by atoms with van der Waals surface area (Å²) in [6.45, 7) is 4.56. The van der Waals surface area contributed by atoms with Crippen LogP contribution in [0.1, 0.15) is 17.2 Å².